The Morgan fingerprint density at radius 2 is 2.32 bits per heavy atom. The molecule has 0 unspecified atom stereocenters. The van der Waals surface area contributed by atoms with Gasteiger partial charge >= 0.3 is 0 Å². The van der Waals surface area contributed by atoms with Crippen LogP contribution in [0.15, 0.2) is 36.2 Å². The van der Waals surface area contributed by atoms with Crippen LogP contribution in [0.3, 0.4) is 0 Å². The van der Waals surface area contributed by atoms with Gasteiger partial charge in [-0.3, -0.25) is 0 Å². The molecule has 0 aliphatic carbocycles. The van der Waals surface area contributed by atoms with Crippen molar-refractivity contribution < 1.29 is 4.74 Å². The second-order valence-corrected chi connectivity index (χ2v) is 4.83. The lowest BCUT2D eigenvalue weighted by molar-refractivity contribution is 0.279. The Balaban J connectivity index is 1.93. The first-order valence-corrected chi connectivity index (χ1v) is 6.77. The summed E-state index contributed by atoms with van der Waals surface area (Å²) in [6.45, 7) is 3.64. The first-order chi connectivity index (χ1) is 9.24. The summed E-state index contributed by atoms with van der Waals surface area (Å²) in [5.41, 5.74) is 2.41. The number of fused-ring (bicyclic) bond motifs is 1. The highest BCUT2D eigenvalue weighted by Gasteiger charge is 2.04. The zero-order valence-electron chi connectivity index (χ0n) is 11.3. The number of ether oxygens (including phenoxy) is 1. The number of nitrogens with one attached hydrogen (secondary N) is 2. The van der Waals surface area contributed by atoms with Gasteiger partial charge in [-0.1, -0.05) is 11.6 Å². The van der Waals surface area contributed by atoms with Crippen molar-refractivity contribution in [2.75, 3.05) is 20.2 Å². The third kappa shape index (κ3) is 3.52. The van der Waals surface area contributed by atoms with Crippen LogP contribution in [0.25, 0.3) is 10.9 Å². The quantitative estimate of drug-likeness (QED) is 0.627. The topological polar surface area (TPSA) is 37.0 Å². The van der Waals surface area contributed by atoms with Crippen LogP contribution in [-0.2, 0) is 11.2 Å². The van der Waals surface area contributed by atoms with Crippen LogP contribution >= 0.6 is 11.6 Å². The van der Waals surface area contributed by atoms with Crippen LogP contribution in [0.4, 0.5) is 0 Å². The van der Waals surface area contributed by atoms with Gasteiger partial charge in [-0.25, -0.2) is 0 Å². The summed E-state index contributed by atoms with van der Waals surface area (Å²) >= 11 is 6.03. The lowest BCUT2D eigenvalue weighted by Crippen LogP contribution is -2.20. The zero-order valence-corrected chi connectivity index (χ0v) is 12.1. The van der Waals surface area contributed by atoms with E-state index in [4.69, 9.17) is 16.3 Å². The van der Waals surface area contributed by atoms with Crippen LogP contribution in [0, 0.1) is 0 Å². The molecule has 1 heterocycles. The smallest absolute Gasteiger partial charge is 0.105 e. The Morgan fingerprint density at radius 3 is 3.05 bits per heavy atom. The van der Waals surface area contributed by atoms with E-state index in [1.54, 1.807) is 7.11 Å². The van der Waals surface area contributed by atoms with Gasteiger partial charge in [0, 0.05) is 22.1 Å². The fraction of sp³-hybridized carbons (Fsp3) is 0.333. The molecule has 4 heteroatoms. The van der Waals surface area contributed by atoms with E-state index >= 15 is 0 Å². The molecule has 2 aromatic rings. The highest BCUT2D eigenvalue weighted by atomic mass is 35.5. The summed E-state index contributed by atoms with van der Waals surface area (Å²) in [6, 6.07) is 5.92. The molecule has 0 aliphatic rings. The summed E-state index contributed by atoms with van der Waals surface area (Å²) in [4.78, 5) is 3.26. The number of methoxy groups -OCH3 is 1. The van der Waals surface area contributed by atoms with Crippen molar-refractivity contribution in [3.8, 4) is 0 Å². The standard InChI is InChI=1S/C15H19ClN2O/c1-3-13(19-2)10-17-7-6-11-9-18-15-5-4-12(16)8-14(11)15/h3-5,8-9,17-18H,6-7,10H2,1-2H3/b13-3-. The zero-order chi connectivity index (χ0) is 13.7. The van der Waals surface area contributed by atoms with Crippen molar-refractivity contribution in [2.24, 2.45) is 0 Å². The van der Waals surface area contributed by atoms with E-state index in [2.05, 4.69) is 16.5 Å². The van der Waals surface area contributed by atoms with Crippen LogP contribution < -0.4 is 5.32 Å². The Morgan fingerprint density at radius 1 is 1.47 bits per heavy atom. The predicted molar refractivity (Wildman–Crippen MR) is 80.6 cm³/mol. The third-order valence-corrected chi connectivity index (χ3v) is 3.42. The summed E-state index contributed by atoms with van der Waals surface area (Å²) in [5.74, 6) is 0.960. The van der Waals surface area contributed by atoms with Crippen molar-refractivity contribution in [3.63, 3.8) is 0 Å². The average molecular weight is 279 g/mol. The molecule has 2 N–H and O–H groups in total. The van der Waals surface area contributed by atoms with Gasteiger partial charge in [-0.05, 0) is 49.7 Å². The Labute approximate surface area is 118 Å². The van der Waals surface area contributed by atoms with Gasteiger partial charge in [0.15, 0.2) is 0 Å². The molecule has 0 radical (unpaired) electrons. The van der Waals surface area contributed by atoms with E-state index < -0.39 is 0 Å². The SMILES string of the molecule is C/C=C(/CNCCc1c[nH]c2ccc(Cl)cc12)OC. The third-order valence-electron chi connectivity index (χ3n) is 3.18. The minimum atomic E-state index is 0.760. The van der Waals surface area contributed by atoms with Gasteiger partial charge in [0.05, 0.1) is 13.7 Å². The number of H-pyrrole nitrogens is 1. The lowest BCUT2D eigenvalue weighted by atomic mass is 10.1. The van der Waals surface area contributed by atoms with Crippen molar-refractivity contribution in [1.29, 1.82) is 0 Å². The number of aromatic nitrogens is 1. The highest BCUT2D eigenvalue weighted by molar-refractivity contribution is 6.31. The summed E-state index contributed by atoms with van der Waals surface area (Å²) in [5, 5.41) is 5.34. The maximum atomic E-state index is 6.03. The summed E-state index contributed by atoms with van der Waals surface area (Å²) in [7, 11) is 1.69. The minimum Gasteiger partial charge on any atom is -0.500 e. The van der Waals surface area contributed by atoms with E-state index in [0.717, 1.165) is 35.8 Å². The molecule has 3 nitrogen and oxygen atoms in total. The molecule has 0 aliphatic heterocycles. The molecule has 0 amide bonds. The predicted octanol–water partition coefficient (Wildman–Crippen LogP) is 3.50. The molecule has 0 saturated carbocycles. The Hall–Kier alpha value is -1.45. The molecule has 2 rings (SSSR count). The number of hydrogen-bond acceptors (Lipinski definition) is 2. The second-order valence-electron chi connectivity index (χ2n) is 4.39. The number of aromatic amines is 1. The van der Waals surface area contributed by atoms with Crippen LogP contribution in [0.5, 0.6) is 0 Å². The lowest BCUT2D eigenvalue weighted by Gasteiger charge is -2.07. The molecular weight excluding hydrogens is 260 g/mol. The van der Waals surface area contributed by atoms with Crippen molar-refractivity contribution >= 4 is 22.5 Å². The molecule has 0 spiro atoms. The van der Waals surface area contributed by atoms with Gasteiger partial charge in [0.2, 0.25) is 0 Å². The fourth-order valence-electron chi connectivity index (χ4n) is 2.08. The van der Waals surface area contributed by atoms with E-state index in [1.807, 2.05) is 31.2 Å². The highest BCUT2D eigenvalue weighted by Crippen LogP contribution is 2.22. The normalized spacial score (nSPS) is 12.1. The molecule has 19 heavy (non-hydrogen) atoms. The molecule has 0 bridgehead atoms. The summed E-state index contributed by atoms with van der Waals surface area (Å²) < 4.78 is 5.20. The minimum absolute atomic E-state index is 0.760. The molecule has 0 saturated heterocycles. The number of benzene rings is 1. The molecule has 0 fully saturated rings. The van der Waals surface area contributed by atoms with Crippen LogP contribution in [0.2, 0.25) is 5.02 Å². The average Bonchev–Trinajstić information content (AvgIpc) is 2.81. The molecule has 102 valence electrons. The van der Waals surface area contributed by atoms with Gasteiger partial charge in [-0.2, -0.15) is 0 Å². The van der Waals surface area contributed by atoms with Gasteiger partial charge in [0.25, 0.3) is 0 Å². The second kappa shape index (κ2) is 6.64. The monoisotopic (exact) mass is 278 g/mol. The first-order valence-electron chi connectivity index (χ1n) is 6.40. The molecule has 1 aromatic carbocycles. The van der Waals surface area contributed by atoms with Gasteiger partial charge in [0.1, 0.15) is 5.76 Å². The molecule has 1 aromatic heterocycles. The first kappa shape index (κ1) is 14.0. The molecule has 0 atom stereocenters. The fourth-order valence-corrected chi connectivity index (χ4v) is 2.26. The van der Waals surface area contributed by atoms with E-state index in [9.17, 15) is 0 Å². The van der Waals surface area contributed by atoms with E-state index in [-0.39, 0.29) is 0 Å². The summed E-state index contributed by atoms with van der Waals surface area (Å²) in [6.07, 6.45) is 4.98. The maximum Gasteiger partial charge on any atom is 0.105 e. The van der Waals surface area contributed by atoms with Gasteiger partial charge in [-0.15, -0.1) is 0 Å². The Kier molecular flexibility index (Phi) is 4.88. The number of hydrogen-bond donors (Lipinski definition) is 2. The van der Waals surface area contributed by atoms with Crippen LogP contribution in [0.1, 0.15) is 12.5 Å². The largest absolute Gasteiger partial charge is 0.500 e. The number of rotatable bonds is 6. The maximum absolute atomic E-state index is 6.03. The van der Waals surface area contributed by atoms with E-state index in [0.29, 0.717) is 0 Å². The van der Waals surface area contributed by atoms with Crippen LogP contribution in [-0.4, -0.2) is 25.2 Å². The number of halogens is 1. The van der Waals surface area contributed by atoms with Crippen molar-refractivity contribution in [2.45, 2.75) is 13.3 Å². The van der Waals surface area contributed by atoms with Crippen molar-refractivity contribution in [1.82, 2.24) is 10.3 Å². The molecular formula is C15H19ClN2O. The van der Waals surface area contributed by atoms with Gasteiger partial charge < -0.3 is 15.0 Å². The van der Waals surface area contributed by atoms with Crippen molar-refractivity contribution in [3.05, 3.63) is 46.8 Å². The Bertz CT molecular complexity index is 575. The number of allylic oxidation sites excluding steroid dienone is 1. The van der Waals surface area contributed by atoms with E-state index in [1.165, 1.54) is 10.9 Å².